The van der Waals surface area contributed by atoms with Gasteiger partial charge in [0.25, 0.3) is 0 Å². The van der Waals surface area contributed by atoms with E-state index >= 15 is 0 Å². The second-order valence-electron chi connectivity index (χ2n) is 3.01. The first-order valence-electron chi connectivity index (χ1n) is 4.55. The molecule has 0 saturated heterocycles. The summed E-state index contributed by atoms with van der Waals surface area (Å²) in [6.45, 7) is 1.83. The maximum Gasteiger partial charge on any atom is 0.211 e. The summed E-state index contributed by atoms with van der Waals surface area (Å²) in [6.07, 6.45) is 3.79. The van der Waals surface area contributed by atoms with E-state index < -0.39 is 0 Å². The lowest BCUT2D eigenvalue weighted by atomic mass is 10.2. The summed E-state index contributed by atoms with van der Waals surface area (Å²) < 4.78 is 0. The Kier molecular flexibility index (Phi) is 4.09. The average molecular weight is 202 g/mol. The molecule has 0 unspecified atom stereocenters. The second-order valence-corrected chi connectivity index (χ2v) is 3.01. The number of benzene rings is 1. The van der Waals surface area contributed by atoms with Gasteiger partial charge in [0.05, 0.1) is 5.71 Å². The van der Waals surface area contributed by atoms with Crippen LogP contribution in [0.1, 0.15) is 12.5 Å². The fourth-order valence-corrected chi connectivity index (χ4v) is 0.951. The molecular formula is C11H14N4. The normalized spacial score (nSPS) is 11.7. The van der Waals surface area contributed by atoms with Gasteiger partial charge >= 0.3 is 0 Å². The van der Waals surface area contributed by atoms with E-state index in [0.29, 0.717) is 0 Å². The van der Waals surface area contributed by atoms with Gasteiger partial charge in [-0.05, 0) is 18.6 Å². The summed E-state index contributed by atoms with van der Waals surface area (Å²) in [6, 6.07) is 9.93. The first-order chi connectivity index (χ1) is 7.18. The third-order valence-electron chi connectivity index (χ3n) is 1.64. The maximum atomic E-state index is 5.14. The number of rotatable bonds is 3. The highest BCUT2D eigenvalue weighted by molar-refractivity contribution is 5.96. The molecule has 15 heavy (non-hydrogen) atoms. The van der Waals surface area contributed by atoms with Crippen LogP contribution in [0.15, 0.2) is 46.6 Å². The van der Waals surface area contributed by atoms with Crippen LogP contribution in [0.2, 0.25) is 0 Å². The molecule has 0 radical (unpaired) electrons. The fourth-order valence-electron chi connectivity index (χ4n) is 0.951. The van der Waals surface area contributed by atoms with Gasteiger partial charge < -0.3 is 11.5 Å². The molecule has 4 heteroatoms. The first-order valence-corrected chi connectivity index (χ1v) is 4.55. The van der Waals surface area contributed by atoms with Gasteiger partial charge in [0.1, 0.15) is 0 Å². The number of allylic oxidation sites excluding steroid dienone is 1. The summed E-state index contributed by atoms with van der Waals surface area (Å²) in [4.78, 5) is 0. The molecule has 1 aromatic rings. The molecule has 4 nitrogen and oxygen atoms in total. The van der Waals surface area contributed by atoms with Gasteiger partial charge in [0, 0.05) is 0 Å². The molecule has 0 spiro atoms. The molecule has 0 bridgehead atoms. The Labute approximate surface area is 89.0 Å². The van der Waals surface area contributed by atoms with Gasteiger partial charge in [-0.3, -0.25) is 0 Å². The van der Waals surface area contributed by atoms with Crippen LogP contribution in [-0.4, -0.2) is 11.7 Å². The number of hydrogen-bond donors (Lipinski definition) is 2. The highest BCUT2D eigenvalue weighted by atomic mass is 15.3. The van der Waals surface area contributed by atoms with Gasteiger partial charge in [-0.15, -0.1) is 5.10 Å². The van der Waals surface area contributed by atoms with Crippen molar-refractivity contribution in [2.24, 2.45) is 21.7 Å². The molecule has 0 aliphatic rings. The maximum absolute atomic E-state index is 5.14. The lowest BCUT2D eigenvalue weighted by Gasteiger charge is -1.91. The van der Waals surface area contributed by atoms with Crippen molar-refractivity contribution >= 4 is 17.7 Å². The Morgan fingerprint density at radius 1 is 1.13 bits per heavy atom. The zero-order chi connectivity index (χ0) is 11.1. The van der Waals surface area contributed by atoms with Crippen molar-refractivity contribution in [1.29, 1.82) is 0 Å². The van der Waals surface area contributed by atoms with E-state index in [1.54, 1.807) is 0 Å². The minimum absolute atomic E-state index is 0.0394. The zero-order valence-corrected chi connectivity index (χ0v) is 8.59. The van der Waals surface area contributed by atoms with Crippen LogP contribution in [0.3, 0.4) is 0 Å². The molecule has 0 fully saturated rings. The van der Waals surface area contributed by atoms with E-state index in [1.807, 2.05) is 49.4 Å². The number of nitrogens with two attached hydrogens (primary N) is 2. The summed E-state index contributed by atoms with van der Waals surface area (Å²) in [5, 5.41) is 7.35. The Hall–Kier alpha value is -2.10. The van der Waals surface area contributed by atoms with Gasteiger partial charge in [-0.2, -0.15) is 5.10 Å². The number of nitrogens with zero attached hydrogens (tertiary/aromatic N) is 2. The van der Waals surface area contributed by atoms with E-state index in [1.165, 1.54) is 0 Å². The lowest BCUT2D eigenvalue weighted by Crippen LogP contribution is -2.21. The van der Waals surface area contributed by atoms with Crippen molar-refractivity contribution in [3.63, 3.8) is 0 Å². The molecule has 0 aromatic heterocycles. The van der Waals surface area contributed by atoms with Crippen molar-refractivity contribution in [1.82, 2.24) is 0 Å². The molecule has 4 N–H and O–H groups in total. The Balaban J connectivity index is 2.66. The van der Waals surface area contributed by atoms with Crippen molar-refractivity contribution in [2.75, 3.05) is 0 Å². The topological polar surface area (TPSA) is 76.8 Å². The van der Waals surface area contributed by atoms with Crippen LogP contribution in [0.25, 0.3) is 6.08 Å². The van der Waals surface area contributed by atoms with Crippen molar-refractivity contribution < 1.29 is 0 Å². The van der Waals surface area contributed by atoms with Crippen LogP contribution in [-0.2, 0) is 0 Å². The van der Waals surface area contributed by atoms with Crippen LogP contribution in [0.4, 0.5) is 0 Å². The zero-order valence-electron chi connectivity index (χ0n) is 8.59. The van der Waals surface area contributed by atoms with Gasteiger partial charge in [-0.1, -0.05) is 36.4 Å². The molecule has 1 rings (SSSR count). The predicted octanol–water partition coefficient (Wildman–Crippen LogP) is 1.35. The lowest BCUT2D eigenvalue weighted by molar-refractivity contribution is 1.20. The van der Waals surface area contributed by atoms with E-state index in [0.717, 1.165) is 11.3 Å². The average Bonchev–Trinajstić information content (AvgIpc) is 2.25. The van der Waals surface area contributed by atoms with Gasteiger partial charge in [0.2, 0.25) is 5.96 Å². The number of hydrogen-bond acceptors (Lipinski definition) is 2. The molecule has 0 amide bonds. The highest BCUT2D eigenvalue weighted by Gasteiger charge is 1.85. The third kappa shape index (κ3) is 4.61. The second kappa shape index (κ2) is 5.59. The largest absolute Gasteiger partial charge is 0.369 e. The van der Waals surface area contributed by atoms with Gasteiger partial charge in [0.15, 0.2) is 0 Å². The van der Waals surface area contributed by atoms with E-state index in [-0.39, 0.29) is 5.96 Å². The Morgan fingerprint density at radius 2 is 1.80 bits per heavy atom. The summed E-state index contributed by atoms with van der Waals surface area (Å²) in [5.41, 5.74) is 12.1. The molecule has 1 aromatic carbocycles. The summed E-state index contributed by atoms with van der Waals surface area (Å²) >= 11 is 0. The molecule has 0 heterocycles. The van der Waals surface area contributed by atoms with Crippen molar-refractivity contribution in [3.05, 3.63) is 42.0 Å². The molecule has 0 aliphatic carbocycles. The SMILES string of the molecule is CC(C=Cc1ccccc1)=NN=C(N)N. The number of guanidine groups is 1. The first kappa shape index (κ1) is 11.0. The standard InChI is InChI=1S/C11H14N4/c1-9(14-15-11(12)13)7-8-10-5-3-2-4-6-10/h2-8H,1H3,(H4,12,13,15). The van der Waals surface area contributed by atoms with Crippen molar-refractivity contribution in [2.45, 2.75) is 6.92 Å². The van der Waals surface area contributed by atoms with E-state index in [2.05, 4.69) is 10.2 Å². The molecule has 0 aliphatic heterocycles. The quantitative estimate of drug-likeness (QED) is 0.441. The predicted molar refractivity (Wildman–Crippen MR) is 64.4 cm³/mol. The van der Waals surface area contributed by atoms with Crippen LogP contribution in [0, 0.1) is 0 Å². The van der Waals surface area contributed by atoms with Crippen molar-refractivity contribution in [3.8, 4) is 0 Å². The smallest absolute Gasteiger partial charge is 0.211 e. The minimum Gasteiger partial charge on any atom is -0.369 e. The van der Waals surface area contributed by atoms with E-state index in [9.17, 15) is 0 Å². The summed E-state index contributed by atoms with van der Waals surface area (Å²) in [5.74, 6) is -0.0394. The monoisotopic (exact) mass is 202 g/mol. The minimum atomic E-state index is -0.0394. The van der Waals surface area contributed by atoms with Gasteiger partial charge in [-0.25, -0.2) is 0 Å². The summed E-state index contributed by atoms with van der Waals surface area (Å²) in [7, 11) is 0. The highest BCUT2D eigenvalue weighted by Crippen LogP contribution is 2.01. The molecule has 78 valence electrons. The van der Waals surface area contributed by atoms with Crippen LogP contribution < -0.4 is 11.5 Å². The Morgan fingerprint density at radius 3 is 2.40 bits per heavy atom. The van der Waals surface area contributed by atoms with E-state index in [4.69, 9.17) is 11.5 Å². The third-order valence-corrected chi connectivity index (χ3v) is 1.64. The molecule has 0 saturated carbocycles. The fraction of sp³-hybridized carbons (Fsp3) is 0.0909. The Bertz CT molecular complexity index is 386. The van der Waals surface area contributed by atoms with Crippen LogP contribution in [0.5, 0.6) is 0 Å². The van der Waals surface area contributed by atoms with Crippen LogP contribution >= 0.6 is 0 Å². The molecular weight excluding hydrogens is 188 g/mol. The molecule has 0 atom stereocenters.